The van der Waals surface area contributed by atoms with Crippen LogP contribution in [0, 0.1) is 0 Å². The van der Waals surface area contributed by atoms with Crippen molar-refractivity contribution in [1.82, 2.24) is 0 Å². The first kappa shape index (κ1) is 25.9. The predicted octanol–water partition coefficient (Wildman–Crippen LogP) is 12.5. The molecule has 1 heteroatoms. The van der Waals surface area contributed by atoms with E-state index in [1.54, 1.807) is 0 Å². The van der Waals surface area contributed by atoms with Crippen LogP contribution in [0.2, 0.25) is 0 Å². The van der Waals surface area contributed by atoms with Gasteiger partial charge in [0.1, 0.15) is 11.2 Å². The highest BCUT2D eigenvalue weighted by atomic mass is 16.3. The van der Waals surface area contributed by atoms with Crippen LogP contribution in [0.4, 0.5) is 0 Å². The molecule has 8 aromatic rings. The number of furan rings is 1. The van der Waals surface area contributed by atoms with E-state index in [0.717, 1.165) is 24.0 Å². The fourth-order valence-corrected chi connectivity index (χ4v) is 8.56. The molecule has 2 aliphatic rings. The summed E-state index contributed by atoms with van der Waals surface area (Å²) in [6, 6.07) is 44.8. The van der Waals surface area contributed by atoms with Crippen LogP contribution in [0.5, 0.6) is 0 Å². The maximum Gasteiger partial charge on any atom is 0.136 e. The molecule has 0 fully saturated rings. The second-order valence-electron chi connectivity index (χ2n) is 13.5. The van der Waals surface area contributed by atoms with E-state index in [1.165, 1.54) is 88.0 Å². The Kier molecular flexibility index (Phi) is 5.24. The van der Waals surface area contributed by atoms with Gasteiger partial charge in [-0.2, -0.15) is 0 Å². The largest absolute Gasteiger partial charge is 0.456 e. The molecule has 0 radical (unpaired) electrons. The Morgan fingerprint density at radius 2 is 1.26 bits per heavy atom. The third-order valence-corrected chi connectivity index (χ3v) is 10.7. The van der Waals surface area contributed by atoms with Gasteiger partial charge in [0.15, 0.2) is 0 Å². The molecule has 2 aliphatic carbocycles. The van der Waals surface area contributed by atoms with Crippen LogP contribution in [0.3, 0.4) is 0 Å². The highest BCUT2D eigenvalue weighted by Crippen LogP contribution is 2.53. The van der Waals surface area contributed by atoms with Crippen LogP contribution in [0.25, 0.3) is 82.9 Å². The Hall–Kier alpha value is -5.40. The summed E-state index contributed by atoms with van der Waals surface area (Å²) in [6.45, 7) is 4.78. The monoisotopic (exact) mass is 588 g/mol. The summed E-state index contributed by atoms with van der Waals surface area (Å²) in [5.41, 5.74) is 15.4. The van der Waals surface area contributed by atoms with Crippen LogP contribution in [-0.4, -0.2) is 0 Å². The number of benzene rings is 7. The van der Waals surface area contributed by atoms with Crippen molar-refractivity contribution in [3.63, 3.8) is 0 Å². The van der Waals surface area contributed by atoms with Gasteiger partial charge < -0.3 is 4.42 Å². The molecule has 10 rings (SSSR count). The lowest BCUT2D eigenvalue weighted by Crippen LogP contribution is -2.15. The molecule has 1 heterocycles. The molecular formula is C45H32O. The zero-order valence-electron chi connectivity index (χ0n) is 26.0. The standard InChI is InChI=1S/C45H32O/c1-45(2)38-26-29(22-23-30(38)37-24-27-12-3-4-13-28(27)25-39(37)45)42-31-14-5-7-16-33(31)43(34-17-8-6-15-32(34)42)36-19-11-21-41-44(36)35-18-9-10-20-40(35)46-41/h3-7,9-16,18-26H,8,17H2,1-2H3. The molecule has 0 saturated heterocycles. The molecule has 0 atom stereocenters. The normalized spacial score (nSPS) is 14.7. The molecule has 218 valence electrons. The van der Waals surface area contributed by atoms with E-state index in [1.807, 2.05) is 0 Å². The van der Waals surface area contributed by atoms with Gasteiger partial charge in [0.05, 0.1) is 0 Å². The average molecular weight is 589 g/mol. The SMILES string of the molecule is CC1(C)c2cc(-c3c4c(c(-c5cccc6oc7ccccc7c56)c5ccccc35)CCC=C4)ccc2-c2cc3ccccc3cc21. The van der Waals surface area contributed by atoms with Gasteiger partial charge in [-0.05, 0) is 120 Å². The van der Waals surface area contributed by atoms with Crippen molar-refractivity contribution in [2.24, 2.45) is 0 Å². The van der Waals surface area contributed by atoms with Crippen molar-refractivity contribution in [1.29, 1.82) is 0 Å². The number of hydrogen-bond acceptors (Lipinski definition) is 1. The van der Waals surface area contributed by atoms with Crippen LogP contribution in [0.1, 0.15) is 42.5 Å². The summed E-state index contributed by atoms with van der Waals surface area (Å²) < 4.78 is 6.36. The molecule has 0 amide bonds. The molecule has 0 aliphatic heterocycles. The zero-order chi connectivity index (χ0) is 30.6. The van der Waals surface area contributed by atoms with Crippen LogP contribution in [0.15, 0.2) is 132 Å². The van der Waals surface area contributed by atoms with Gasteiger partial charge in [-0.25, -0.2) is 0 Å². The van der Waals surface area contributed by atoms with E-state index in [2.05, 4.69) is 147 Å². The fourth-order valence-electron chi connectivity index (χ4n) is 8.56. The van der Waals surface area contributed by atoms with E-state index >= 15 is 0 Å². The second kappa shape index (κ2) is 9.31. The number of rotatable bonds is 2. The summed E-state index contributed by atoms with van der Waals surface area (Å²) in [4.78, 5) is 0. The summed E-state index contributed by atoms with van der Waals surface area (Å²) >= 11 is 0. The van der Waals surface area contributed by atoms with Gasteiger partial charge in [0.2, 0.25) is 0 Å². The predicted molar refractivity (Wildman–Crippen MR) is 195 cm³/mol. The van der Waals surface area contributed by atoms with E-state index in [4.69, 9.17) is 4.42 Å². The Balaban J connectivity index is 1.25. The van der Waals surface area contributed by atoms with Crippen molar-refractivity contribution in [2.75, 3.05) is 0 Å². The van der Waals surface area contributed by atoms with Crippen molar-refractivity contribution < 1.29 is 4.42 Å². The molecule has 0 bridgehead atoms. The second-order valence-corrected chi connectivity index (χ2v) is 13.5. The molecule has 0 N–H and O–H groups in total. The Morgan fingerprint density at radius 3 is 2.11 bits per heavy atom. The molecule has 1 aromatic heterocycles. The maximum absolute atomic E-state index is 6.36. The van der Waals surface area contributed by atoms with Crippen molar-refractivity contribution in [3.05, 3.63) is 150 Å². The summed E-state index contributed by atoms with van der Waals surface area (Å²) in [5, 5.41) is 7.59. The molecule has 46 heavy (non-hydrogen) atoms. The van der Waals surface area contributed by atoms with E-state index in [-0.39, 0.29) is 5.41 Å². The number of allylic oxidation sites excluding steroid dienone is 1. The molecule has 0 unspecified atom stereocenters. The minimum atomic E-state index is -0.0890. The third kappa shape index (κ3) is 3.46. The minimum Gasteiger partial charge on any atom is -0.456 e. The molecular weight excluding hydrogens is 556 g/mol. The van der Waals surface area contributed by atoms with Crippen molar-refractivity contribution in [2.45, 2.75) is 32.1 Å². The van der Waals surface area contributed by atoms with Gasteiger partial charge in [0, 0.05) is 16.2 Å². The van der Waals surface area contributed by atoms with Crippen LogP contribution < -0.4 is 0 Å². The highest BCUT2D eigenvalue weighted by Gasteiger charge is 2.36. The van der Waals surface area contributed by atoms with Gasteiger partial charge in [-0.1, -0.05) is 117 Å². The van der Waals surface area contributed by atoms with Crippen LogP contribution in [-0.2, 0) is 11.8 Å². The van der Waals surface area contributed by atoms with Gasteiger partial charge in [-0.3, -0.25) is 0 Å². The number of fused-ring (bicyclic) bond motifs is 9. The molecule has 0 saturated carbocycles. The fraction of sp³-hybridized carbons (Fsp3) is 0.111. The van der Waals surface area contributed by atoms with Gasteiger partial charge in [-0.15, -0.1) is 0 Å². The Bertz CT molecular complexity index is 2610. The van der Waals surface area contributed by atoms with Gasteiger partial charge >= 0.3 is 0 Å². The Labute approximate surface area is 268 Å². The van der Waals surface area contributed by atoms with E-state index < -0.39 is 0 Å². The molecule has 7 aromatic carbocycles. The smallest absolute Gasteiger partial charge is 0.136 e. The van der Waals surface area contributed by atoms with Crippen molar-refractivity contribution >= 4 is 49.6 Å². The maximum atomic E-state index is 6.36. The Morgan fingerprint density at radius 1 is 0.565 bits per heavy atom. The number of hydrogen-bond donors (Lipinski definition) is 0. The van der Waals surface area contributed by atoms with Crippen molar-refractivity contribution in [3.8, 4) is 33.4 Å². The lowest BCUT2D eigenvalue weighted by atomic mass is 9.78. The van der Waals surface area contributed by atoms with E-state index in [9.17, 15) is 0 Å². The molecule has 1 nitrogen and oxygen atoms in total. The summed E-state index contributed by atoms with van der Waals surface area (Å²) in [6.07, 6.45) is 6.80. The minimum absolute atomic E-state index is 0.0890. The van der Waals surface area contributed by atoms with E-state index in [0.29, 0.717) is 0 Å². The third-order valence-electron chi connectivity index (χ3n) is 10.7. The van der Waals surface area contributed by atoms with Gasteiger partial charge in [0.25, 0.3) is 0 Å². The average Bonchev–Trinajstić information content (AvgIpc) is 3.58. The van der Waals surface area contributed by atoms with Crippen LogP contribution >= 0.6 is 0 Å². The zero-order valence-corrected chi connectivity index (χ0v) is 26.0. The first-order valence-corrected chi connectivity index (χ1v) is 16.4. The summed E-state index contributed by atoms with van der Waals surface area (Å²) in [5.74, 6) is 0. The first-order valence-electron chi connectivity index (χ1n) is 16.4. The lowest BCUT2D eigenvalue weighted by molar-refractivity contribution is 0.661. The number of para-hydroxylation sites is 1. The first-order chi connectivity index (χ1) is 22.6. The quantitative estimate of drug-likeness (QED) is 0.196. The molecule has 0 spiro atoms. The lowest BCUT2D eigenvalue weighted by Gasteiger charge is -2.25. The highest BCUT2D eigenvalue weighted by molar-refractivity contribution is 6.18. The summed E-state index contributed by atoms with van der Waals surface area (Å²) in [7, 11) is 0. The topological polar surface area (TPSA) is 13.1 Å².